The number of hydrogen-bond acceptors (Lipinski definition) is 2. The van der Waals surface area contributed by atoms with Crippen molar-refractivity contribution in [1.29, 1.82) is 0 Å². The van der Waals surface area contributed by atoms with Crippen molar-refractivity contribution >= 4 is 0 Å². The van der Waals surface area contributed by atoms with Gasteiger partial charge in [-0.05, 0) is 103 Å². The second kappa shape index (κ2) is 14.5. The predicted molar refractivity (Wildman–Crippen MR) is 164 cm³/mol. The summed E-state index contributed by atoms with van der Waals surface area (Å²) in [6.45, 7) is 2.18. The van der Waals surface area contributed by atoms with Gasteiger partial charge in [-0.15, -0.1) is 13.2 Å². The van der Waals surface area contributed by atoms with Gasteiger partial charge in [0.25, 0.3) is 0 Å². The highest BCUT2D eigenvalue weighted by Gasteiger charge is 2.41. The molecule has 2 nitrogen and oxygen atoms in total. The fraction of sp³-hybridized carbons (Fsp3) is 0.351. The Kier molecular flexibility index (Phi) is 10.7. The highest BCUT2D eigenvalue weighted by Crippen LogP contribution is 2.41. The van der Waals surface area contributed by atoms with E-state index in [1.54, 1.807) is 6.07 Å². The molecule has 0 spiro atoms. The maximum atomic E-state index is 15.3. The van der Waals surface area contributed by atoms with Crippen molar-refractivity contribution in [3.8, 4) is 33.8 Å². The van der Waals surface area contributed by atoms with Gasteiger partial charge >= 0.3 is 12.5 Å². The fourth-order valence-corrected chi connectivity index (χ4v) is 6.32. The van der Waals surface area contributed by atoms with Crippen LogP contribution in [-0.4, -0.2) is 6.36 Å². The van der Waals surface area contributed by atoms with Crippen LogP contribution < -0.4 is 9.47 Å². The molecule has 0 bridgehead atoms. The highest BCUT2D eigenvalue weighted by atomic mass is 19.4. The molecule has 0 N–H and O–H groups in total. The monoisotopic (exact) mass is 680 g/mol. The van der Waals surface area contributed by atoms with Gasteiger partial charge in [-0.25, -0.2) is 17.6 Å². The Balaban J connectivity index is 1.29. The molecule has 11 heteroatoms. The Labute approximate surface area is 272 Å². The van der Waals surface area contributed by atoms with Crippen molar-refractivity contribution in [1.82, 2.24) is 0 Å². The molecule has 0 atom stereocenters. The SMILES string of the molecule is CCCCCC1CCC(c2ccc(-c3ccc(-c4cc(F)c(C(F)(F)Oc5ccc(OC(F)(F)F)cc5)c(F)c4)c(F)c3)c(F)c2)CC1. The molecule has 4 aromatic rings. The van der Waals surface area contributed by atoms with Crippen molar-refractivity contribution in [2.45, 2.75) is 76.7 Å². The first-order chi connectivity index (χ1) is 22.7. The summed E-state index contributed by atoms with van der Waals surface area (Å²) in [5.41, 5.74) is -1.29. The lowest BCUT2D eigenvalue weighted by Gasteiger charge is -2.29. The molecule has 0 saturated heterocycles. The van der Waals surface area contributed by atoms with E-state index in [1.807, 2.05) is 6.07 Å². The molecule has 1 aliphatic carbocycles. The van der Waals surface area contributed by atoms with E-state index in [9.17, 15) is 30.7 Å². The maximum Gasteiger partial charge on any atom is 0.573 e. The molecule has 1 aliphatic rings. The minimum atomic E-state index is -5.02. The summed E-state index contributed by atoms with van der Waals surface area (Å²) in [7, 11) is 0. The summed E-state index contributed by atoms with van der Waals surface area (Å²) in [5.74, 6) is -5.48. The molecule has 256 valence electrons. The molecule has 1 saturated carbocycles. The number of hydrogen-bond donors (Lipinski definition) is 0. The van der Waals surface area contributed by atoms with E-state index in [0.29, 0.717) is 42.3 Å². The summed E-state index contributed by atoms with van der Waals surface area (Å²) in [5, 5.41) is 0. The zero-order chi connectivity index (χ0) is 34.6. The van der Waals surface area contributed by atoms with Crippen LogP contribution in [0.5, 0.6) is 11.5 Å². The van der Waals surface area contributed by atoms with E-state index >= 15 is 8.78 Å². The molecule has 0 aliphatic heterocycles. The molecule has 0 heterocycles. The normalized spacial score (nSPS) is 17.0. The van der Waals surface area contributed by atoms with Gasteiger partial charge in [-0.1, -0.05) is 56.9 Å². The average Bonchev–Trinajstić information content (AvgIpc) is 3.01. The van der Waals surface area contributed by atoms with Crippen LogP contribution in [-0.2, 0) is 6.11 Å². The zero-order valence-corrected chi connectivity index (χ0v) is 26.0. The Hall–Kier alpha value is -4.15. The number of unbranched alkanes of at least 4 members (excludes halogenated alkanes) is 2. The van der Waals surface area contributed by atoms with Gasteiger partial charge in [0, 0.05) is 11.1 Å². The third-order valence-corrected chi connectivity index (χ3v) is 8.75. The molecule has 0 amide bonds. The zero-order valence-electron chi connectivity index (χ0n) is 26.0. The van der Waals surface area contributed by atoms with Gasteiger partial charge in [0.2, 0.25) is 0 Å². The third kappa shape index (κ3) is 8.46. The molecular weight excluding hydrogens is 647 g/mol. The van der Waals surface area contributed by atoms with E-state index < -0.39 is 58.4 Å². The van der Waals surface area contributed by atoms with Crippen LogP contribution in [0.3, 0.4) is 0 Å². The van der Waals surface area contributed by atoms with E-state index in [4.69, 9.17) is 0 Å². The molecule has 4 aromatic carbocycles. The molecule has 0 aromatic heterocycles. The van der Waals surface area contributed by atoms with Crippen molar-refractivity contribution < 1.29 is 49.0 Å². The van der Waals surface area contributed by atoms with Gasteiger partial charge < -0.3 is 9.47 Å². The van der Waals surface area contributed by atoms with Crippen LogP contribution in [0.25, 0.3) is 22.3 Å². The Morgan fingerprint density at radius 1 is 0.604 bits per heavy atom. The smallest absolute Gasteiger partial charge is 0.429 e. The summed E-state index contributed by atoms with van der Waals surface area (Å²) in [4.78, 5) is 0. The van der Waals surface area contributed by atoms with E-state index in [2.05, 4.69) is 16.4 Å². The van der Waals surface area contributed by atoms with Crippen LogP contribution in [0.4, 0.5) is 39.5 Å². The number of rotatable bonds is 11. The first-order valence-corrected chi connectivity index (χ1v) is 15.8. The molecule has 5 rings (SSSR count). The van der Waals surface area contributed by atoms with Gasteiger partial charge in [0.1, 0.15) is 40.3 Å². The van der Waals surface area contributed by atoms with Crippen molar-refractivity contribution in [3.05, 3.63) is 107 Å². The topological polar surface area (TPSA) is 18.5 Å². The highest BCUT2D eigenvalue weighted by molar-refractivity contribution is 5.72. The minimum Gasteiger partial charge on any atom is -0.429 e. The number of alkyl halides is 5. The lowest BCUT2D eigenvalue weighted by molar-refractivity contribution is -0.274. The number of benzene rings is 4. The second-order valence-corrected chi connectivity index (χ2v) is 12.1. The Bertz CT molecular complexity index is 1690. The van der Waals surface area contributed by atoms with Crippen molar-refractivity contribution in [2.75, 3.05) is 0 Å². The van der Waals surface area contributed by atoms with Crippen LogP contribution in [0, 0.1) is 29.2 Å². The largest absolute Gasteiger partial charge is 0.573 e. The third-order valence-electron chi connectivity index (χ3n) is 8.75. The summed E-state index contributed by atoms with van der Waals surface area (Å²) in [6, 6.07) is 12.2. The standard InChI is InChI=1S/C37H33F9O2/c1-2-3-4-5-22-6-8-23(9-7-22)24-10-16-29(31(38)18-24)25-11-17-30(32(39)19-25)26-20-33(40)35(34(41)21-26)36(42,43)47-27-12-14-28(15-13-27)48-37(44,45)46/h10-23H,2-9H2,1H3. The van der Waals surface area contributed by atoms with Crippen LogP contribution in [0.15, 0.2) is 72.8 Å². The average molecular weight is 681 g/mol. The van der Waals surface area contributed by atoms with Gasteiger partial charge in [0.05, 0.1) is 0 Å². The Morgan fingerprint density at radius 3 is 1.71 bits per heavy atom. The quantitative estimate of drug-likeness (QED) is 0.116. The minimum absolute atomic E-state index is 0.139. The predicted octanol–water partition coefficient (Wildman–Crippen LogP) is 12.5. The lowest BCUT2D eigenvalue weighted by Crippen LogP contribution is -2.25. The van der Waals surface area contributed by atoms with Gasteiger partial charge in [-0.2, -0.15) is 8.78 Å². The van der Waals surface area contributed by atoms with Crippen LogP contribution >= 0.6 is 0 Å². The molecule has 48 heavy (non-hydrogen) atoms. The molecule has 0 radical (unpaired) electrons. The van der Waals surface area contributed by atoms with Crippen molar-refractivity contribution in [3.63, 3.8) is 0 Å². The number of halogens is 9. The van der Waals surface area contributed by atoms with Crippen LogP contribution in [0.1, 0.15) is 75.3 Å². The molecule has 0 unspecified atom stereocenters. The van der Waals surface area contributed by atoms with Gasteiger partial charge in [-0.3, -0.25) is 0 Å². The van der Waals surface area contributed by atoms with Crippen molar-refractivity contribution in [2.24, 2.45) is 5.92 Å². The fourth-order valence-electron chi connectivity index (χ4n) is 6.32. The first kappa shape index (κ1) is 35.2. The first-order valence-electron chi connectivity index (χ1n) is 15.8. The van der Waals surface area contributed by atoms with Gasteiger partial charge in [0.15, 0.2) is 0 Å². The van der Waals surface area contributed by atoms with E-state index in [1.165, 1.54) is 43.9 Å². The summed E-state index contributed by atoms with van der Waals surface area (Å²) < 4.78 is 135. The van der Waals surface area contributed by atoms with E-state index in [-0.39, 0.29) is 22.6 Å². The summed E-state index contributed by atoms with van der Waals surface area (Å²) in [6.07, 6.45) is -0.556. The maximum absolute atomic E-state index is 15.3. The number of ether oxygens (including phenoxy) is 2. The van der Waals surface area contributed by atoms with E-state index in [0.717, 1.165) is 37.3 Å². The Morgan fingerprint density at radius 2 is 1.15 bits per heavy atom. The molecular formula is C37H33F9O2. The lowest BCUT2D eigenvalue weighted by atomic mass is 9.77. The van der Waals surface area contributed by atoms with Crippen LogP contribution in [0.2, 0.25) is 0 Å². The second-order valence-electron chi connectivity index (χ2n) is 12.1. The molecule has 1 fully saturated rings. The summed E-state index contributed by atoms with van der Waals surface area (Å²) >= 11 is 0.